The zero-order chi connectivity index (χ0) is 17.1. The molecule has 1 aliphatic carbocycles. The number of hydrogen-bond acceptors (Lipinski definition) is 5. The molecule has 1 amide bonds. The number of amides is 1. The van der Waals surface area contributed by atoms with Crippen molar-refractivity contribution >= 4 is 5.91 Å². The van der Waals surface area contributed by atoms with Crippen LogP contribution in [0.5, 0.6) is 0 Å². The van der Waals surface area contributed by atoms with Crippen molar-refractivity contribution in [3.8, 4) is 11.4 Å². The van der Waals surface area contributed by atoms with Crippen LogP contribution in [0, 0.1) is 5.92 Å². The molecule has 2 fully saturated rings. The molecule has 25 heavy (non-hydrogen) atoms. The van der Waals surface area contributed by atoms with Gasteiger partial charge in [0.1, 0.15) is 0 Å². The predicted octanol–water partition coefficient (Wildman–Crippen LogP) is 3.25. The van der Waals surface area contributed by atoms with Gasteiger partial charge in [-0.05, 0) is 43.7 Å². The Labute approximate surface area is 147 Å². The number of piperidine rings is 1. The topological polar surface area (TPSA) is 72.1 Å². The minimum absolute atomic E-state index is 0.236. The van der Waals surface area contributed by atoms with Gasteiger partial charge in [0.2, 0.25) is 17.6 Å². The number of aromatic nitrogens is 3. The molecule has 2 aromatic rings. The summed E-state index contributed by atoms with van der Waals surface area (Å²) in [6.45, 7) is 0.909. The van der Waals surface area contributed by atoms with E-state index in [4.69, 9.17) is 4.52 Å². The summed E-state index contributed by atoms with van der Waals surface area (Å²) in [6.07, 6.45) is 11.8. The van der Waals surface area contributed by atoms with E-state index in [1.807, 2.05) is 12.1 Å². The minimum Gasteiger partial charge on any atom is -0.339 e. The van der Waals surface area contributed by atoms with Gasteiger partial charge in [-0.2, -0.15) is 4.98 Å². The lowest BCUT2D eigenvalue weighted by atomic mass is 9.78. The van der Waals surface area contributed by atoms with Gasteiger partial charge >= 0.3 is 0 Å². The number of hydrogen-bond donors (Lipinski definition) is 0. The standard InChI is InChI=1S/C19H24N4O2/c24-18(23-13-3-5-14-4-1-2-6-16(14)23)8-7-17-21-19(22-25-17)15-9-11-20-12-10-15/h9-12,14,16H,1-8,13H2. The van der Waals surface area contributed by atoms with Crippen LogP contribution >= 0.6 is 0 Å². The summed E-state index contributed by atoms with van der Waals surface area (Å²) in [5.74, 6) is 2.03. The average Bonchev–Trinajstić information content (AvgIpc) is 3.15. The Balaban J connectivity index is 1.36. The van der Waals surface area contributed by atoms with Crippen molar-refractivity contribution in [2.24, 2.45) is 5.92 Å². The summed E-state index contributed by atoms with van der Waals surface area (Å²) in [5.41, 5.74) is 0.873. The lowest BCUT2D eigenvalue weighted by Crippen LogP contribution is -2.49. The van der Waals surface area contributed by atoms with Gasteiger partial charge in [-0.25, -0.2) is 0 Å². The number of aryl methyl sites for hydroxylation is 1. The lowest BCUT2D eigenvalue weighted by molar-refractivity contribution is -0.137. The summed E-state index contributed by atoms with van der Waals surface area (Å²) in [7, 11) is 0. The Morgan fingerprint density at radius 2 is 1.96 bits per heavy atom. The third kappa shape index (κ3) is 3.57. The lowest BCUT2D eigenvalue weighted by Gasteiger charge is -2.44. The maximum Gasteiger partial charge on any atom is 0.227 e. The molecule has 1 aliphatic heterocycles. The third-order valence-corrected chi connectivity index (χ3v) is 5.52. The number of carbonyl (C=O) groups is 1. The van der Waals surface area contributed by atoms with Crippen LogP contribution in [-0.4, -0.2) is 38.5 Å². The minimum atomic E-state index is 0.236. The largest absolute Gasteiger partial charge is 0.339 e. The molecular formula is C19H24N4O2. The molecule has 0 N–H and O–H groups in total. The van der Waals surface area contributed by atoms with Crippen LogP contribution < -0.4 is 0 Å². The molecule has 6 nitrogen and oxygen atoms in total. The molecule has 0 radical (unpaired) electrons. The Morgan fingerprint density at radius 3 is 2.84 bits per heavy atom. The average molecular weight is 340 g/mol. The van der Waals surface area contributed by atoms with E-state index in [0.29, 0.717) is 36.5 Å². The Kier molecular flexibility index (Phi) is 4.76. The molecule has 2 unspecified atom stereocenters. The molecule has 0 aromatic carbocycles. The monoisotopic (exact) mass is 340 g/mol. The highest BCUT2D eigenvalue weighted by Crippen LogP contribution is 2.35. The zero-order valence-electron chi connectivity index (χ0n) is 14.4. The predicted molar refractivity (Wildman–Crippen MR) is 92.5 cm³/mol. The summed E-state index contributed by atoms with van der Waals surface area (Å²) in [6, 6.07) is 4.15. The fourth-order valence-corrected chi connectivity index (χ4v) is 4.27. The van der Waals surface area contributed by atoms with E-state index in [0.717, 1.165) is 18.5 Å². The smallest absolute Gasteiger partial charge is 0.227 e. The summed E-state index contributed by atoms with van der Waals surface area (Å²) in [5, 5.41) is 4.00. The highest BCUT2D eigenvalue weighted by molar-refractivity contribution is 5.76. The summed E-state index contributed by atoms with van der Waals surface area (Å²) < 4.78 is 5.31. The van der Waals surface area contributed by atoms with E-state index in [1.54, 1.807) is 12.4 Å². The first kappa shape index (κ1) is 16.2. The summed E-state index contributed by atoms with van der Waals surface area (Å²) >= 11 is 0. The number of fused-ring (bicyclic) bond motifs is 1. The van der Waals surface area contributed by atoms with Crippen LogP contribution in [-0.2, 0) is 11.2 Å². The first-order chi connectivity index (χ1) is 12.3. The van der Waals surface area contributed by atoms with Gasteiger partial charge in [-0.15, -0.1) is 0 Å². The molecule has 2 aliphatic rings. The van der Waals surface area contributed by atoms with Crippen LogP contribution in [0.2, 0.25) is 0 Å². The normalized spacial score (nSPS) is 23.3. The van der Waals surface area contributed by atoms with E-state index >= 15 is 0 Å². The van der Waals surface area contributed by atoms with E-state index < -0.39 is 0 Å². The van der Waals surface area contributed by atoms with Gasteiger partial charge in [0, 0.05) is 43.4 Å². The van der Waals surface area contributed by atoms with Crippen LogP contribution in [0.4, 0.5) is 0 Å². The zero-order valence-corrected chi connectivity index (χ0v) is 14.4. The molecule has 3 heterocycles. The van der Waals surface area contributed by atoms with Gasteiger partial charge in [0.25, 0.3) is 0 Å². The number of likely N-dealkylation sites (tertiary alicyclic amines) is 1. The molecule has 4 rings (SSSR count). The SMILES string of the molecule is O=C(CCc1nc(-c2ccncc2)no1)N1CCCC2CCCCC21. The fourth-order valence-electron chi connectivity index (χ4n) is 4.27. The second-order valence-electron chi connectivity index (χ2n) is 7.09. The first-order valence-corrected chi connectivity index (χ1v) is 9.34. The van der Waals surface area contributed by atoms with E-state index in [1.165, 1.54) is 32.1 Å². The van der Waals surface area contributed by atoms with Gasteiger partial charge in [0.15, 0.2) is 0 Å². The molecule has 132 valence electrons. The molecule has 1 saturated carbocycles. The maximum absolute atomic E-state index is 12.7. The van der Waals surface area contributed by atoms with Crippen molar-refractivity contribution in [3.05, 3.63) is 30.4 Å². The van der Waals surface area contributed by atoms with Gasteiger partial charge in [0.05, 0.1) is 0 Å². The molecule has 0 spiro atoms. The number of nitrogens with zero attached hydrogens (tertiary/aromatic N) is 4. The van der Waals surface area contributed by atoms with Crippen LogP contribution in [0.3, 0.4) is 0 Å². The van der Waals surface area contributed by atoms with E-state index in [9.17, 15) is 4.79 Å². The second-order valence-corrected chi connectivity index (χ2v) is 7.09. The first-order valence-electron chi connectivity index (χ1n) is 9.34. The third-order valence-electron chi connectivity index (χ3n) is 5.52. The number of pyridine rings is 1. The van der Waals surface area contributed by atoms with Crippen molar-refractivity contribution < 1.29 is 9.32 Å². The van der Waals surface area contributed by atoms with Crippen molar-refractivity contribution in [1.29, 1.82) is 0 Å². The molecule has 1 saturated heterocycles. The van der Waals surface area contributed by atoms with Crippen LogP contribution in [0.1, 0.15) is 50.8 Å². The Hall–Kier alpha value is -2.24. The van der Waals surface area contributed by atoms with Crippen molar-refractivity contribution in [2.45, 2.75) is 57.4 Å². The molecular weight excluding hydrogens is 316 g/mol. The van der Waals surface area contributed by atoms with Gasteiger partial charge in [-0.3, -0.25) is 9.78 Å². The van der Waals surface area contributed by atoms with Crippen molar-refractivity contribution in [2.75, 3.05) is 6.54 Å². The highest BCUT2D eigenvalue weighted by Gasteiger charge is 2.35. The molecule has 2 aromatic heterocycles. The quantitative estimate of drug-likeness (QED) is 0.854. The maximum atomic E-state index is 12.7. The highest BCUT2D eigenvalue weighted by atomic mass is 16.5. The van der Waals surface area contributed by atoms with E-state index in [-0.39, 0.29) is 5.91 Å². The Morgan fingerprint density at radius 1 is 1.16 bits per heavy atom. The van der Waals surface area contributed by atoms with Crippen molar-refractivity contribution in [3.63, 3.8) is 0 Å². The second kappa shape index (κ2) is 7.33. The van der Waals surface area contributed by atoms with Crippen LogP contribution in [0.15, 0.2) is 29.0 Å². The Bertz CT molecular complexity index is 713. The number of carbonyl (C=O) groups excluding carboxylic acids is 1. The molecule has 0 bridgehead atoms. The van der Waals surface area contributed by atoms with Gasteiger partial charge < -0.3 is 9.42 Å². The van der Waals surface area contributed by atoms with Crippen LogP contribution in [0.25, 0.3) is 11.4 Å². The fraction of sp³-hybridized carbons (Fsp3) is 0.579. The summed E-state index contributed by atoms with van der Waals surface area (Å²) in [4.78, 5) is 23.3. The van der Waals surface area contributed by atoms with E-state index in [2.05, 4.69) is 20.0 Å². The molecule has 2 atom stereocenters. The van der Waals surface area contributed by atoms with Gasteiger partial charge in [-0.1, -0.05) is 18.0 Å². The number of rotatable bonds is 4. The van der Waals surface area contributed by atoms with Crippen molar-refractivity contribution in [1.82, 2.24) is 20.0 Å². The molecule has 6 heteroatoms.